The van der Waals surface area contributed by atoms with Crippen molar-refractivity contribution in [1.82, 2.24) is 9.80 Å². The van der Waals surface area contributed by atoms with Crippen LogP contribution >= 0.6 is 0 Å². The van der Waals surface area contributed by atoms with Gasteiger partial charge >= 0.3 is 5.97 Å². The maximum absolute atomic E-state index is 12.1. The number of carbonyl (C=O) groups excluding carboxylic acids is 2. The van der Waals surface area contributed by atoms with E-state index in [0.29, 0.717) is 25.9 Å². The minimum atomic E-state index is -0.852. The molecule has 1 N–H and O–H groups in total. The molecule has 18 heavy (non-hydrogen) atoms. The number of rotatable bonds is 3. The highest BCUT2D eigenvalue weighted by molar-refractivity contribution is 5.86. The van der Waals surface area contributed by atoms with Gasteiger partial charge in [0.05, 0.1) is 12.5 Å². The molecule has 2 rings (SSSR count). The third-order valence-corrected chi connectivity index (χ3v) is 3.89. The molecule has 2 amide bonds. The maximum atomic E-state index is 12.1. The van der Waals surface area contributed by atoms with E-state index in [9.17, 15) is 14.4 Å². The Bertz CT molecular complexity index is 382. The van der Waals surface area contributed by atoms with E-state index in [1.165, 1.54) is 0 Å². The lowest BCUT2D eigenvalue weighted by molar-refractivity contribution is -0.144. The van der Waals surface area contributed by atoms with E-state index >= 15 is 0 Å². The van der Waals surface area contributed by atoms with Crippen LogP contribution in [0.4, 0.5) is 0 Å². The molecule has 2 unspecified atom stereocenters. The Balaban J connectivity index is 1.94. The second-order valence-electron chi connectivity index (χ2n) is 4.98. The number of amides is 2. The Labute approximate surface area is 106 Å². The monoisotopic (exact) mass is 254 g/mol. The molecule has 6 nitrogen and oxygen atoms in total. The summed E-state index contributed by atoms with van der Waals surface area (Å²) in [5.74, 6) is -1.45. The average molecular weight is 254 g/mol. The first-order valence-corrected chi connectivity index (χ1v) is 6.30. The lowest BCUT2D eigenvalue weighted by Gasteiger charge is -2.25. The van der Waals surface area contributed by atoms with Crippen molar-refractivity contribution in [2.45, 2.75) is 32.2 Å². The Kier molecular flexibility index (Phi) is 3.54. The van der Waals surface area contributed by atoms with E-state index in [-0.39, 0.29) is 24.4 Å². The second kappa shape index (κ2) is 4.96. The third-order valence-electron chi connectivity index (χ3n) is 3.89. The summed E-state index contributed by atoms with van der Waals surface area (Å²) in [5.41, 5.74) is 0. The first-order chi connectivity index (χ1) is 8.50. The van der Waals surface area contributed by atoms with Crippen LogP contribution in [0.2, 0.25) is 0 Å². The molecule has 2 aliphatic rings. The molecule has 6 heteroatoms. The Morgan fingerprint density at radius 2 is 2.11 bits per heavy atom. The van der Waals surface area contributed by atoms with Gasteiger partial charge in [0.1, 0.15) is 0 Å². The fraction of sp³-hybridized carbons (Fsp3) is 0.750. The van der Waals surface area contributed by atoms with Gasteiger partial charge in [0.25, 0.3) is 0 Å². The molecule has 2 saturated heterocycles. The van der Waals surface area contributed by atoms with Crippen molar-refractivity contribution >= 4 is 17.8 Å². The average Bonchev–Trinajstić information content (AvgIpc) is 2.86. The van der Waals surface area contributed by atoms with Gasteiger partial charge in [-0.1, -0.05) is 0 Å². The number of aliphatic carboxylic acids is 1. The van der Waals surface area contributed by atoms with Crippen molar-refractivity contribution < 1.29 is 19.5 Å². The molecule has 2 atom stereocenters. The number of carboxylic acids is 1. The highest BCUT2D eigenvalue weighted by Crippen LogP contribution is 2.24. The van der Waals surface area contributed by atoms with Crippen LogP contribution in [-0.2, 0) is 14.4 Å². The minimum Gasteiger partial charge on any atom is -0.481 e. The quantitative estimate of drug-likeness (QED) is 0.764. The molecular weight excluding hydrogens is 236 g/mol. The van der Waals surface area contributed by atoms with Crippen LogP contribution in [-0.4, -0.2) is 58.4 Å². The number of hydrogen-bond donors (Lipinski definition) is 1. The molecule has 0 aromatic rings. The van der Waals surface area contributed by atoms with Gasteiger partial charge in [0.2, 0.25) is 11.8 Å². The second-order valence-corrected chi connectivity index (χ2v) is 4.98. The van der Waals surface area contributed by atoms with Gasteiger partial charge in [-0.05, 0) is 19.8 Å². The Morgan fingerprint density at radius 1 is 1.39 bits per heavy atom. The van der Waals surface area contributed by atoms with Gasteiger partial charge in [-0.3, -0.25) is 14.4 Å². The normalized spacial score (nSPS) is 27.9. The summed E-state index contributed by atoms with van der Waals surface area (Å²) in [6.07, 6.45) is 1.82. The highest BCUT2D eigenvalue weighted by Gasteiger charge is 2.38. The summed E-state index contributed by atoms with van der Waals surface area (Å²) in [7, 11) is 0. The number of hydrogen-bond acceptors (Lipinski definition) is 3. The summed E-state index contributed by atoms with van der Waals surface area (Å²) in [6, 6.07) is -0.285. The van der Waals surface area contributed by atoms with Gasteiger partial charge in [-0.15, -0.1) is 0 Å². The van der Waals surface area contributed by atoms with Crippen molar-refractivity contribution in [3.63, 3.8) is 0 Å². The van der Waals surface area contributed by atoms with Crippen molar-refractivity contribution in [3.8, 4) is 0 Å². The molecule has 0 saturated carbocycles. The fourth-order valence-corrected chi connectivity index (χ4v) is 2.75. The van der Waals surface area contributed by atoms with E-state index in [1.807, 2.05) is 0 Å². The SMILES string of the molecule is CC1C(C(=O)O)CCN1C(=O)CN1CCCC1=O. The van der Waals surface area contributed by atoms with Crippen LogP contribution in [0.25, 0.3) is 0 Å². The molecule has 2 fully saturated rings. The molecular formula is C12H18N2O4. The summed E-state index contributed by atoms with van der Waals surface area (Å²) in [5, 5.41) is 9.01. The molecule has 0 bridgehead atoms. The zero-order valence-electron chi connectivity index (χ0n) is 10.5. The summed E-state index contributed by atoms with van der Waals surface area (Å²) >= 11 is 0. The van der Waals surface area contributed by atoms with Crippen molar-refractivity contribution in [2.24, 2.45) is 5.92 Å². The van der Waals surface area contributed by atoms with E-state index in [2.05, 4.69) is 0 Å². The Morgan fingerprint density at radius 3 is 2.61 bits per heavy atom. The summed E-state index contributed by atoms with van der Waals surface area (Å²) in [6.45, 7) is 2.96. The van der Waals surface area contributed by atoms with Crippen LogP contribution in [0.1, 0.15) is 26.2 Å². The van der Waals surface area contributed by atoms with Crippen molar-refractivity contribution in [2.75, 3.05) is 19.6 Å². The Hall–Kier alpha value is -1.59. The van der Waals surface area contributed by atoms with Crippen LogP contribution in [0.15, 0.2) is 0 Å². The minimum absolute atomic E-state index is 0.0185. The first kappa shape index (κ1) is 12.9. The molecule has 100 valence electrons. The molecule has 0 radical (unpaired) electrons. The first-order valence-electron chi connectivity index (χ1n) is 6.30. The predicted octanol–water partition coefficient (Wildman–Crippen LogP) is -0.0696. The van der Waals surface area contributed by atoms with Crippen molar-refractivity contribution in [1.29, 1.82) is 0 Å². The number of nitrogens with zero attached hydrogens (tertiary/aromatic N) is 2. The lowest BCUT2D eigenvalue weighted by Crippen LogP contribution is -2.44. The standard InChI is InChI=1S/C12H18N2O4/c1-8-9(12(17)18)4-6-14(8)11(16)7-13-5-2-3-10(13)15/h8-9H,2-7H2,1H3,(H,17,18). The zero-order chi connectivity index (χ0) is 13.3. The molecule has 0 aromatic carbocycles. The smallest absolute Gasteiger partial charge is 0.308 e. The zero-order valence-corrected chi connectivity index (χ0v) is 10.5. The van der Waals surface area contributed by atoms with Crippen LogP contribution < -0.4 is 0 Å². The molecule has 2 aliphatic heterocycles. The summed E-state index contributed by atoms with van der Waals surface area (Å²) in [4.78, 5) is 37.6. The third kappa shape index (κ3) is 2.32. The number of carboxylic acid groups (broad SMARTS) is 1. The number of carbonyl (C=O) groups is 3. The van der Waals surface area contributed by atoms with Crippen LogP contribution in [0.5, 0.6) is 0 Å². The molecule has 0 spiro atoms. The lowest BCUT2D eigenvalue weighted by atomic mass is 10.0. The van der Waals surface area contributed by atoms with E-state index < -0.39 is 11.9 Å². The van der Waals surface area contributed by atoms with Gasteiger partial charge in [-0.25, -0.2) is 0 Å². The van der Waals surface area contributed by atoms with E-state index in [1.54, 1.807) is 16.7 Å². The number of likely N-dealkylation sites (tertiary alicyclic amines) is 2. The molecule has 0 aliphatic carbocycles. The van der Waals surface area contributed by atoms with Gasteiger partial charge < -0.3 is 14.9 Å². The largest absolute Gasteiger partial charge is 0.481 e. The maximum Gasteiger partial charge on any atom is 0.308 e. The van der Waals surface area contributed by atoms with Crippen molar-refractivity contribution in [3.05, 3.63) is 0 Å². The van der Waals surface area contributed by atoms with Gasteiger partial charge in [-0.2, -0.15) is 0 Å². The predicted molar refractivity (Wildman–Crippen MR) is 62.7 cm³/mol. The molecule has 2 heterocycles. The van der Waals surface area contributed by atoms with E-state index in [4.69, 9.17) is 5.11 Å². The van der Waals surface area contributed by atoms with Gasteiger partial charge in [0, 0.05) is 25.6 Å². The molecule has 0 aromatic heterocycles. The topological polar surface area (TPSA) is 77.9 Å². The fourth-order valence-electron chi connectivity index (χ4n) is 2.75. The summed E-state index contributed by atoms with van der Waals surface area (Å²) < 4.78 is 0. The van der Waals surface area contributed by atoms with Crippen LogP contribution in [0, 0.1) is 5.92 Å². The van der Waals surface area contributed by atoms with Gasteiger partial charge in [0.15, 0.2) is 0 Å². The van der Waals surface area contributed by atoms with E-state index in [0.717, 1.165) is 6.42 Å². The van der Waals surface area contributed by atoms with Crippen LogP contribution in [0.3, 0.4) is 0 Å². The highest BCUT2D eigenvalue weighted by atomic mass is 16.4.